The van der Waals surface area contributed by atoms with Gasteiger partial charge in [-0.25, -0.2) is 0 Å². The molecule has 1 rings (SSSR count). The molecule has 114 valence electrons. The second-order valence-electron chi connectivity index (χ2n) is 4.49. The zero-order valence-electron chi connectivity index (χ0n) is 11.2. The molecule has 21 heavy (non-hydrogen) atoms. The SMILES string of the molecule is C#C[C@@H](CCCC(=O)O)COc1cccc(C(F)(F)F)c1. The largest absolute Gasteiger partial charge is 0.492 e. The van der Waals surface area contributed by atoms with E-state index in [0.717, 1.165) is 12.1 Å². The summed E-state index contributed by atoms with van der Waals surface area (Å²) in [6.07, 6.45) is 1.72. The number of halogens is 3. The van der Waals surface area contributed by atoms with Crippen molar-refractivity contribution in [3.8, 4) is 18.1 Å². The van der Waals surface area contributed by atoms with Crippen molar-refractivity contribution in [2.45, 2.75) is 25.4 Å². The molecule has 0 heterocycles. The fraction of sp³-hybridized carbons (Fsp3) is 0.400. The van der Waals surface area contributed by atoms with Crippen LogP contribution in [0.25, 0.3) is 0 Å². The van der Waals surface area contributed by atoms with Crippen molar-refractivity contribution in [3.63, 3.8) is 0 Å². The standard InChI is InChI=1S/C15H15F3O3/c1-2-11(5-3-8-14(19)20)10-21-13-7-4-6-12(9-13)15(16,17)18/h1,4,6-7,9,11H,3,5,8,10H2,(H,19,20)/t11-/m0/s1. The minimum absolute atomic E-state index is 0.00173. The van der Waals surface area contributed by atoms with Crippen LogP contribution in [-0.2, 0) is 11.0 Å². The smallest absolute Gasteiger partial charge is 0.416 e. The molecular formula is C15H15F3O3. The molecule has 0 aliphatic rings. The van der Waals surface area contributed by atoms with Crippen LogP contribution in [0, 0.1) is 18.3 Å². The number of alkyl halides is 3. The van der Waals surface area contributed by atoms with Crippen LogP contribution in [-0.4, -0.2) is 17.7 Å². The van der Waals surface area contributed by atoms with Gasteiger partial charge in [0.2, 0.25) is 0 Å². The van der Waals surface area contributed by atoms with Crippen LogP contribution in [0.4, 0.5) is 13.2 Å². The summed E-state index contributed by atoms with van der Waals surface area (Å²) in [5.74, 6) is 1.29. The third-order valence-electron chi connectivity index (χ3n) is 2.79. The highest BCUT2D eigenvalue weighted by Crippen LogP contribution is 2.31. The first kappa shape index (κ1) is 16.9. The van der Waals surface area contributed by atoms with Gasteiger partial charge in [0.1, 0.15) is 12.4 Å². The lowest BCUT2D eigenvalue weighted by atomic mass is 10.0. The van der Waals surface area contributed by atoms with Gasteiger partial charge in [-0.15, -0.1) is 6.42 Å². The van der Waals surface area contributed by atoms with Gasteiger partial charge in [-0.3, -0.25) is 4.79 Å². The Hall–Kier alpha value is -2.16. The summed E-state index contributed by atoms with van der Waals surface area (Å²) in [7, 11) is 0. The average molecular weight is 300 g/mol. The zero-order valence-corrected chi connectivity index (χ0v) is 11.2. The fourth-order valence-electron chi connectivity index (χ4n) is 1.67. The number of carboxylic acid groups (broad SMARTS) is 1. The van der Waals surface area contributed by atoms with Gasteiger partial charge in [-0.2, -0.15) is 13.2 Å². The number of carboxylic acids is 1. The first-order chi connectivity index (χ1) is 9.82. The van der Waals surface area contributed by atoms with Crippen LogP contribution < -0.4 is 4.74 Å². The number of aliphatic carboxylic acids is 1. The Balaban J connectivity index is 2.53. The van der Waals surface area contributed by atoms with Crippen molar-refractivity contribution >= 4 is 5.97 Å². The molecule has 1 aromatic carbocycles. The average Bonchev–Trinajstić information content (AvgIpc) is 2.41. The predicted molar refractivity (Wildman–Crippen MR) is 70.7 cm³/mol. The molecule has 0 saturated carbocycles. The minimum Gasteiger partial charge on any atom is -0.492 e. The molecule has 1 aromatic rings. The number of hydrogen-bond donors (Lipinski definition) is 1. The van der Waals surface area contributed by atoms with Crippen LogP contribution in [0.5, 0.6) is 5.75 Å². The number of rotatable bonds is 7. The van der Waals surface area contributed by atoms with Crippen molar-refractivity contribution < 1.29 is 27.8 Å². The maximum Gasteiger partial charge on any atom is 0.416 e. The van der Waals surface area contributed by atoms with Crippen molar-refractivity contribution in [1.29, 1.82) is 0 Å². The molecule has 1 atom stereocenters. The van der Waals surface area contributed by atoms with E-state index >= 15 is 0 Å². The van der Waals surface area contributed by atoms with E-state index < -0.39 is 17.7 Å². The van der Waals surface area contributed by atoms with Crippen molar-refractivity contribution in [2.24, 2.45) is 5.92 Å². The third kappa shape index (κ3) is 6.21. The lowest BCUT2D eigenvalue weighted by Crippen LogP contribution is -2.12. The summed E-state index contributed by atoms with van der Waals surface area (Å²) in [6, 6.07) is 4.54. The van der Waals surface area contributed by atoms with Gasteiger partial charge < -0.3 is 9.84 Å². The quantitative estimate of drug-likeness (QED) is 0.783. The van der Waals surface area contributed by atoms with E-state index in [0.29, 0.717) is 12.8 Å². The van der Waals surface area contributed by atoms with Gasteiger partial charge in [-0.05, 0) is 31.0 Å². The van der Waals surface area contributed by atoms with E-state index in [1.54, 1.807) is 0 Å². The van der Waals surface area contributed by atoms with Crippen LogP contribution in [0.3, 0.4) is 0 Å². The molecule has 0 aliphatic carbocycles. The van der Waals surface area contributed by atoms with Gasteiger partial charge in [0.25, 0.3) is 0 Å². The van der Waals surface area contributed by atoms with E-state index in [-0.39, 0.29) is 24.7 Å². The number of benzene rings is 1. The molecule has 3 nitrogen and oxygen atoms in total. The number of hydrogen-bond acceptors (Lipinski definition) is 2. The van der Waals surface area contributed by atoms with Gasteiger partial charge in [-0.1, -0.05) is 12.0 Å². The molecule has 0 saturated heterocycles. The van der Waals surface area contributed by atoms with E-state index in [9.17, 15) is 18.0 Å². The molecule has 1 N–H and O–H groups in total. The van der Waals surface area contributed by atoms with Crippen LogP contribution >= 0.6 is 0 Å². The Morgan fingerprint density at radius 2 is 2.14 bits per heavy atom. The van der Waals surface area contributed by atoms with Crippen molar-refractivity contribution in [1.82, 2.24) is 0 Å². The lowest BCUT2D eigenvalue weighted by Gasteiger charge is -2.13. The Kier molecular flexibility index (Phi) is 6.10. The first-order valence-corrected chi connectivity index (χ1v) is 6.31. The Bertz CT molecular complexity index is 518. The van der Waals surface area contributed by atoms with Crippen LogP contribution in [0.2, 0.25) is 0 Å². The normalized spacial score (nSPS) is 12.5. The molecule has 6 heteroatoms. The van der Waals surface area contributed by atoms with E-state index in [2.05, 4.69) is 5.92 Å². The van der Waals surface area contributed by atoms with Crippen molar-refractivity contribution in [3.05, 3.63) is 29.8 Å². The second-order valence-corrected chi connectivity index (χ2v) is 4.49. The summed E-state index contributed by atoms with van der Waals surface area (Å²) < 4.78 is 42.9. The molecule has 0 aliphatic heterocycles. The maximum absolute atomic E-state index is 12.5. The van der Waals surface area contributed by atoms with Crippen LogP contribution in [0.15, 0.2) is 24.3 Å². The zero-order chi connectivity index (χ0) is 15.9. The second kappa shape index (κ2) is 7.58. The molecule has 0 radical (unpaired) electrons. The summed E-state index contributed by atoms with van der Waals surface area (Å²) in [5, 5.41) is 8.52. The van der Waals surface area contributed by atoms with Gasteiger partial charge >= 0.3 is 12.1 Å². The fourth-order valence-corrected chi connectivity index (χ4v) is 1.67. The van der Waals surface area contributed by atoms with E-state index in [1.807, 2.05) is 0 Å². The molecule has 0 fully saturated rings. The molecule has 0 unspecified atom stereocenters. The van der Waals surface area contributed by atoms with E-state index in [1.165, 1.54) is 12.1 Å². The predicted octanol–water partition coefficient (Wildman–Crippen LogP) is 3.59. The topological polar surface area (TPSA) is 46.5 Å². The summed E-state index contributed by atoms with van der Waals surface area (Å²) in [5.41, 5.74) is -0.789. The molecule has 0 amide bonds. The number of terminal acetylenes is 1. The summed E-state index contributed by atoms with van der Waals surface area (Å²) >= 11 is 0. The number of ether oxygens (including phenoxy) is 1. The summed E-state index contributed by atoms with van der Waals surface area (Å²) in [4.78, 5) is 10.4. The molecule has 0 spiro atoms. The first-order valence-electron chi connectivity index (χ1n) is 6.31. The molecular weight excluding hydrogens is 285 g/mol. The van der Waals surface area contributed by atoms with Gasteiger partial charge in [0.15, 0.2) is 0 Å². The van der Waals surface area contributed by atoms with Crippen LogP contribution in [0.1, 0.15) is 24.8 Å². The minimum atomic E-state index is -4.42. The Morgan fingerprint density at radius 1 is 1.43 bits per heavy atom. The van der Waals surface area contributed by atoms with Crippen molar-refractivity contribution in [2.75, 3.05) is 6.61 Å². The molecule has 0 bridgehead atoms. The highest BCUT2D eigenvalue weighted by atomic mass is 19.4. The lowest BCUT2D eigenvalue weighted by molar-refractivity contribution is -0.138. The number of carbonyl (C=O) groups is 1. The van der Waals surface area contributed by atoms with Gasteiger partial charge in [0, 0.05) is 6.42 Å². The summed E-state index contributed by atoms with van der Waals surface area (Å²) in [6.45, 7) is 0.0530. The Labute approximate surface area is 120 Å². The molecule has 0 aromatic heterocycles. The monoisotopic (exact) mass is 300 g/mol. The van der Waals surface area contributed by atoms with E-state index in [4.69, 9.17) is 16.3 Å². The highest BCUT2D eigenvalue weighted by molar-refractivity contribution is 5.66. The highest BCUT2D eigenvalue weighted by Gasteiger charge is 2.30. The van der Waals surface area contributed by atoms with Gasteiger partial charge in [0.05, 0.1) is 11.5 Å². The third-order valence-corrected chi connectivity index (χ3v) is 2.79. The maximum atomic E-state index is 12.5. The Morgan fingerprint density at radius 3 is 2.71 bits per heavy atom.